The number of rotatable bonds is 6. The van der Waals surface area contributed by atoms with Crippen LogP contribution < -0.4 is 5.84 Å². The van der Waals surface area contributed by atoms with Crippen molar-refractivity contribution < 1.29 is 9.53 Å². The fourth-order valence-corrected chi connectivity index (χ4v) is 4.02. The first-order valence-electron chi connectivity index (χ1n) is 9.12. The Bertz CT molecular complexity index is 1170. The molecule has 4 rings (SSSR count). The summed E-state index contributed by atoms with van der Waals surface area (Å²) in [6.07, 6.45) is 0.600. The molecule has 0 aliphatic heterocycles. The Morgan fingerprint density at radius 1 is 1.07 bits per heavy atom. The van der Waals surface area contributed by atoms with E-state index in [9.17, 15) is 4.79 Å². The van der Waals surface area contributed by atoms with E-state index in [1.165, 1.54) is 34.3 Å². The van der Waals surface area contributed by atoms with E-state index < -0.39 is 0 Å². The highest BCUT2D eigenvalue weighted by atomic mass is 32.2. The molecule has 0 bridgehead atoms. The zero-order chi connectivity index (χ0) is 20.2. The van der Waals surface area contributed by atoms with Crippen molar-refractivity contribution in [1.29, 1.82) is 0 Å². The van der Waals surface area contributed by atoms with Crippen molar-refractivity contribution in [2.75, 3.05) is 13.0 Å². The van der Waals surface area contributed by atoms with Gasteiger partial charge in [-0.1, -0.05) is 66.4 Å². The molecule has 0 aliphatic carbocycles. The summed E-state index contributed by atoms with van der Waals surface area (Å²) in [7, 11) is 1.37. The second-order valence-electron chi connectivity index (χ2n) is 6.56. The van der Waals surface area contributed by atoms with Crippen LogP contribution in [-0.4, -0.2) is 28.0 Å². The van der Waals surface area contributed by atoms with E-state index in [0.717, 1.165) is 11.1 Å². The van der Waals surface area contributed by atoms with Crippen LogP contribution in [-0.2, 0) is 16.9 Å². The van der Waals surface area contributed by atoms with E-state index >= 15 is 0 Å². The first kappa shape index (κ1) is 19.0. The Labute approximate surface area is 172 Å². The number of ether oxygens (including phenoxy) is 1. The number of carbonyl (C=O) groups excluding carboxylic acids is 1. The van der Waals surface area contributed by atoms with Crippen LogP contribution in [0.25, 0.3) is 10.8 Å². The molecule has 29 heavy (non-hydrogen) atoms. The smallest absolute Gasteiger partial charge is 0.337 e. The summed E-state index contributed by atoms with van der Waals surface area (Å²) in [6.45, 7) is 0. The Kier molecular flexibility index (Phi) is 5.48. The summed E-state index contributed by atoms with van der Waals surface area (Å²) in [5.74, 6) is 7.23. The van der Waals surface area contributed by atoms with E-state index in [4.69, 9.17) is 10.6 Å². The Morgan fingerprint density at radius 2 is 1.86 bits per heavy atom. The van der Waals surface area contributed by atoms with Gasteiger partial charge in [-0.05, 0) is 34.0 Å². The summed E-state index contributed by atoms with van der Waals surface area (Å²) < 4.78 is 6.31. The Hall–Kier alpha value is -3.32. The molecule has 0 spiro atoms. The number of hydrogen-bond acceptors (Lipinski definition) is 6. The Morgan fingerprint density at radius 3 is 2.72 bits per heavy atom. The first-order valence-corrected chi connectivity index (χ1v) is 10.1. The van der Waals surface area contributed by atoms with Crippen molar-refractivity contribution in [3.8, 4) is 0 Å². The number of methoxy groups -OCH3 is 1. The SMILES string of the molecule is COC(=O)c1cccc(CSc2nnc(Cc3cccc4ccccc34)n2N)c1. The van der Waals surface area contributed by atoms with Gasteiger partial charge in [0.25, 0.3) is 0 Å². The molecule has 0 radical (unpaired) electrons. The molecule has 0 amide bonds. The third-order valence-corrected chi connectivity index (χ3v) is 5.69. The zero-order valence-electron chi connectivity index (χ0n) is 15.9. The number of hydrogen-bond donors (Lipinski definition) is 1. The summed E-state index contributed by atoms with van der Waals surface area (Å²) in [5, 5.41) is 11.5. The second kappa shape index (κ2) is 8.36. The van der Waals surface area contributed by atoms with Gasteiger partial charge in [0, 0.05) is 12.2 Å². The van der Waals surface area contributed by atoms with Gasteiger partial charge in [0.15, 0.2) is 5.82 Å². The first-order chi connectivity index (χ1) is 14.2. The normalized spacial score (nSPS) is 10.9. The minimum atomic E-state index is -0.351. The van der Waals surface area contributed by atoms with E-state index in [2.05, 4.69) is 34.5 Å². The van der Waals surface area contributed by atoms with Gasteiger partial charge in [-0.2, -0.15) is 0 Å². The Balaban J connectivity index is 1.50. The number of thioether (sulfide) groups is 1. The molecular weight excluding hydrogens is 384 g/mol. The van der Waals surface area contributed by atoms with Crippen LogP contribution in [0.5, 0.6) is 0 Å². The fourth-order valence-electron chi connectivity index (χ4n) is 3.20. The molecular formula is C22H20N4O2S. The highest BCUT2D eigenvalue weighted by Crippen LogP contribution is 2.24. The predicted molar refractivity (Wildman–Crippen MR) is 114 cm³/mol. The average molecular weight is 404 g/mol. The third kappa shape index (κ3) is 4.09. The van der Waals surface area contributed by atoms with Crippen LogP contribution >= 0.6 is 11.8 Å². The number of aromatic nitrogens is 3. The summed E-state index contributed by atoms with van der Waals surface area (Å²) in [6, 6.07) is 21.8. The molecule has 2 N–H and O–H groups in total. The van der Waals surface area contributed by atoms with Crippen molar-refractivity contribution in [3.63, 3.8) is 0 Å². The average Bonchev–Trinajstić information content (AvgIpc) is 3.11. The van der Waals surface area contributed by atoms with E-state index in [1.54, 1.807) is 6.07 Å². The molecule has 0 unspecified atom stereocenters. The fraction of sp³-hybridized carbons (Fsp3) is 0.136. The molecule has 7 heteroatoms. The molecule has 1 heterocycles. The van der Waals surface area contributed by atoms with Gasteiger partial charge >= 0.3 is 5.97 Å². The molecule has 1 aromatic heterocycles. The maximum atomic E-state index is 11.7. The van der Waals surface area contributed by atoms with Gasteiger partial charge in [0.2, 0.25) is 5.16 Å². The zero-order valence-corrected chi connectivity index (χ0v) is 16.7. The van der Waals surface area contributed by atoms with Crippen molar-refractivity contribution in [3.05, 3.63) is 89.2 Å². The van der Waals surface area contributed by atoms with Crippen molar-refractivity contribution >= 4 is 28.5 Å². The number of nitrogens with two attached hydrogens (primary N) is 1. The third-order valence-electron chi connectivity index (χ3n) is 4.68. The monoisotopic (exact) mass is 404 g/mol. The number of carbonyl (C=O) groups is 1. The molecule has 3 aromatic carbocycles. The van der Waals surface area contributed by atoms with Crippen LogP contribution in [0.3, 0.4) is 0 Å². The maximum Gasteiger partial charge on any atom is 0.337 e. The minimum absolute atomic E-state index is 0.351. The van der Waals surface area contributed by atoms with Crippen molar-refractivity contribution in [2.24, 2.45) is 0 Å². The lowest BCUT2D eigenvalue weighted by Gasteiger charge is -2.07. The largest absolute Gasteiger partial charge is 0.465 e. The van der Waals surface area contributed by atoms with Crippen LogP contribution in [0, 0.1) is 0 Å². The van der Waals surface area contributed by atoms with Crippen LogP contribution in [0.1, 0.15) is 27.3 Å². The van der Waals surface area contributed by atoms with Gasteiger partial charge in [-0.15, -0.1) is 10.2 Å². The van der Waals surface area contributed by atoms with Crippen LogP contribution in [0.4, 0.5) is 0 Å². The van der Waals surface area contributed by atoms with Gasteiger partial charge in [-0.25, -0.2) is 9.47 Å². The highest BCUT2D eigenvalue weighted by Gasteiger charge is 2.13. The van der Waals surface area contributed by atoms with Crippen LogP contribution in [0.2, 0.25) is 0 Å². The van der Waals surface area contributed by atoms with Crippen molar-refractivity contribution in [2.45, 2.75) is 17.3 Å². The summed E-state index contributed by atoms with van der Waals surface area (Å²) >= 11 is 1.48. The maximum absolute atomic E-state index is 11.7. The van der Waals surface area contributed by atoms with E-state index in [0.29, 0.717) is 28.7 Å². The summed E-state index contributed by atoms with van der Waals surface area (Å²) in [5.41, 5.74) is 2.66. The predicted octanol–water partition coefficient (Wildman–Crippen LogP) is 3.81. The molecule has 0 aliphatic rings. The van der Waals surface area contributed by atoms with Gasteiger partial charge < -0.3 is 10.6 Å². The highest BCUT2D eigenvalue weighted by molar-refractivity contribution is 7.98. The number of fused-ring (bicyclic) bond motifs is 1. The lowest BCUT2D eigenvalue weighted by atomic mass is 10.0. The minimum Gasteiger partial charge on any atom is -0.465 e. The van der Waals surface area contributed by atoms with Gasteiger partial charge in [0.05, 0.1) is 12.7 Å². The molecule has 0 atom stereocenters. The summed E-state index contributed by atoms with van der Waals surface area (Å²) in [4.78, 5) is 11.7. The molecule has 0 saturated carbocycles. The quantitative estimate of drug-likeness (QED) is 0.299. The lowest BCUT2D eigenvalue weighted by molar-refractivity contribution is 0.0600. The topological polar surface area (TPSA) is 83.0 Å². The number of benzene rings is 3. The number of nitrogen functional groups attached to an aromatic ring is 1. The number of esters is 1. The van der Waals surface area contributed by atoms with E-state index in [1.807, 2.05) is 36.4 Å². The molecule has 146 valence electrons. The molecule has 0 fully saturated rings. The standard InChI is InChI=1S/C22H20N4O2S/c1-28-21(27)18-10-4-6-15(12-18)14-29-22-25-24-20(26(22)23)13-17-9-5-8-16-7-2-3-11-19(16)17/h2-12H,13-14,23H2,1H3. The van der Waals surface area contributed by atoms with Crippen LogP contribution in [0.15, 0.2) is 71.9 Å². The van der Waals surface area contributed by atoms with Crippen molar-refractivity contribution in [1.82, 2.24) is 14.9 Å². The number of nitrogens with zero attached hydrogens (tertiary/aromatic N) is 3. The molecule has 4 aromatic rings. The van der Waals surface area contributed by atoms with Gasteiger partial charge in [0.1, 0.15) is 0 Å². The lowest BCUT2D eigenvalue weighted by Crippen LogP contribution is -2.14. The second-order valence-corrected chi connectivity index (χ2v) is 7.51. The van der Waals surface area contributed by atoms with E-state index in [-0.39, 0.29) is 5.97 Å². The van der Waals surface area contributed by atoms with Gasteiger partial charge in [-0.3, -0.25) is 0 Å². The molecule has 0 saturated heterocycles. The molecule has 6 nitrogen and oxygen atoms in total.